The number of likely N-dealkylation sites (N-methyl/N-ethyl adjacent to an activating group) is 1. The van der Waals surface area contributed by atoms with Crippen molar-refractivity contribution in [1.29, 1.82) is 0 Å². The molecule has 204 valence electrons. The second-order valence-electron chi connectivity index (χ2n) is 9.57. The largest absolute Gasteiger partial charge is 0.496 e. The standard InChI is InChI=1S/C31H29N3O5S/c1-5-33(6-2)30(36)26-18(3)32-31-34(28(26)27-21-10-8-7-9-20(21)12-14-23(27)37-4)29(35)25(40-31)16-19-11-13-22-24(15-19)39-17-38-22/h7-16,28H,5-6,17H2,1-4H3/b25-16+/t28-/m1/s1. The molecule has 9 heteroatoms. The summed E-state index contributed by atoms with van der Waals surface area (Å²) < 4.78 is 19.0. The summed E-state index contributed by atoms with van der Waals surface area (Å²) in [5, 5.41) is 1.90. The van der Waals surface area contributed by atoms with Crippen molar-refractivity contribution in [3.05, 3.63) is 96.7 Å². The molecule has 0 unspecified atom stereocenters. The van der Waals surface area contributed by atoms with Crippen LogP contribution >= 0.6 is 11.3 Å². The van der Waals surface area contributed by atoms with Crippen molar-refractivity contribution in [3.8, 4) is 17.2 Å². The molecular weight excluding hydrogens is 526 g/mol. The summed E-state index contributed by atoms with van der Waals surface area (Å²) in [6.07, 6.45) is 1.83. The first-order valence-electron chi connectivity index (χ1n) is 13.2. The van der Waals surface area contributed by atoms with Gasteiger partial charge in [-0.1, -0.05) is 47.7 Å². The molecule has 0 spiro atoms. The maximum atomic E-state index is 14.2. The molecule has 0 fully saturated rings. The van der Waals surface area contributed by atoms with Gasteiger partial charge in [-0.15, -0.1) is 0 Å². The van der Waals surface area contributed by atoms with E-state index in [1.165, 1.54) is 11.3 Å². The number of ether oxygens (including phenoxy) is 3. The van der Waals surface area contributed by atoms with Crippen LogP contribution in [0, 0.1) is 0 Å². The first-order valence-corrected chi connectivity index (χ1v) is 14.0. The normalized spacial score (nSPS) is 16.2. The van der Waals surface area contributed by atoms with Crippen molar-refractivity contribution in [2.75, 3.05) is 27.0 Å². The average Bonchev–Trinajstić information content (AvgIpc) is 3.55. The Morgan fingerprint density at radius 3 is 2.67 bits per heavy atom. The lowest BCUT2D eigenvalue weighted by Crippen LogP contribution is -2.43. The molecule has 2 aliphatic heterocycles. The van der Waals surface area contributed by atoms with Gasteiger partial charge >= 0.3 is 0 Å². The topological polar surface area (TPSA) is 82.4 Å². The molecule has 0 aliphatic carbocycles. The van der Waals surface area contributed by atoms with Crippen LogP contribution in [0.1, 0.15) is 37.9 Å². The summed E-state index contributed by atoms with van der Waals surface area (Å²) in [4.78, 5) is 35.3. The Hall–Kier alpha value is -4.37. The van der Waals surface area contributed by atoms with Gasteiger partial charge in [0.15, 0.2) is 16.3 Å². The van der Waals surface area contributed by atoms with Gasteiger partial charge in [-0.05, 0) is 61.4 Å². The highest BCUT2D eigenvalue weighted by atomic mass is 32.1. The van der Waals surface area contributed by atoms with Gasteiger partial charge in [-0.25, -0.2) is 4.99 Å². The van der Waals surface area contributed by atoms with Crippen molar-refractivity contribution in [2.24, 2.45) is 4.99 Å². The molecule has 1 amide bonds. The number of hydrogen-bond donors (Lipinski definition) is 0. The fourth-order valence-corrected chi connectivity index (χ4v) is 6.49. The van der Waals surface area contributed by atoms with Crippen LogP contribution in [0.3, 0.4) is 0 Å². The molecule has 4 aromatic rings. The quantitative estimate of drug-likeness (QED) is 0.359. The minimum Gasteiger partial charge on any atom is -0.496 e. The van der Waals surface area contributed by atoms with E-state index in [0.717, 1.165) is 21.9 Å². The van der Waals surface area contributed by atoms with Crippen LogP contribution in [0.25, 0.3) is 16.8 Å². The Bertz CT molecular complexity index is 1870. The van der Waals surface area contributed by atoms with Gasteiger partial charge in [0.25, 0.3) is 11.5 Å². The van der Waals surface area contributed by atoms with Crippen molar-refractivity contribution in [3.63, 3.8) is 0 Å². The molecule has 0 N–H and O–H groups in total. The van der Waals surface area contributed by atoms with Crippen molar-refractivity contribution in [2.45, 2.75) is 26.8 Å². The lowest BCUT2D eigenvalue weighted by Gasteiger charge is -2.30. The van der Waals surface area contributed by atoms with Crippen LogP contribution < -0.4 is 29.1 Å². The van der Waals surface area contributed by atoms with E-state index in [2.05, 4.69) is 0 Å². The summed E-state index contributed by atoms with van der Waals surface area (Å²) >= 11 is 1.30. The molecule has 40 heavy (non-hydrogen) atoms. The number of carbonyl (C=O) groups excluding carboxylic acids is 1. The average molecular weight is 556 g/mol. The van der Waals surface area contributed by atoms with E-state index in [0.29, 0.717) is 50.9 Å². The molecule has 6 rings (SSSR count). The minimum atomic E-state index is -0.718. The second-order valence-corrected chi connectivity index (χ2v) is 10.6. The Balaban J connectivity index is 1.63. The number of hydrogen-bond acceptors (Lipinski definition) is 7. The fraction of sp³-hybridized carbons (Fsp3) is 0.258. The van der Waals surface area contributed by atoms with Gasteiger partial charge in [0.1, 0.15) is 11.8 Å². The minimum absolute atomic E-state index is 0.142. The molecule has 2 aliphatic rings. The molecule has 0 radical (unpaired) electrons. The maximum absolute atomic E-state index is 14.2. The van der Waals surface area contributed by atoms with Crippen molar-refractivity contribution in [1.82, 2.24) is 9.47 Å². The highest BCUT2D eigenvalue weighted by Gasteiger charge is 2.36. The third kappa shape index (κ3) is 4.17. The highest BCUT2D eigenvalue weighted by Crippen LogP contribution is 2.40. The van der Waals surface area contributed by atoms with Crippen LogP contribution in [0.5, 0.6) is 17.2 Å². The molecule has 3 heterocycles. The Morgan fingerprint density at radius 1 is 1.12 bits per heavy atom. The number of benzene rings is 3. The van der Waals surface area contributed by atoms with E-state index < -0.39 is 6.04 Å². The number of rotatable bonds is 6. The molecular formula is C31H29N3O5S. The van der Waals surface area contributed by atoms with Gasteiger partial charge in [0.05, 0.1) is 22.9 Å². The van der Waals surface area contributed by atoms with Crippen molar-refractivity contribution < 1.29 is 19.0 Å². The SMILES string of the molecule is CCN(CC)C(=O)C1=C(C)N=c2s/c(=C/c3ccc4c(c3)OCO4)c(=O)n2[C@H]1c1c(OC)ccc2ccccc12. The third-order valence-corrected chi connectivity index (χ3v) is 8.40. The van der Waals surface area contributed by atoms with E-state index in [1.807, 2.05) is 81.4 Å². The number of thiazole rings is 1. The van der Waals surface area contributed by atoms with Crippen LogP contribution in [0.15, 0.2) is 75.7 Å². The number of aromatic nitrogens is 1. The summed E-state index contributed by atoms with van der Waals surface area (Å²) in [6.45, 7) is 7.00. The first-order chi connectivity index (χ1) is 19.4. The Kier molecular flexibility index (Phi) is 6.67. The van der Waals surface area contributed by atoms with E-state index in [-0.39, 0.29) is 18.3 Å². The maximum Gasteiger partial charge on any atom is 0.271 e. The molecule has 0 saturated heterocycles. The number of fused-ring (bicyclic) bond motifs is 3. The predicted molar refractivity (Wildman–Crippen MR) is 155 cm³/mol. The predicted octanol–water partition coefficient (Wildman–Crippen LogP) is 3.99. The number of amides is 1. The molecule has 0 bridgehead atoms. The van der Waals surface area contributed by atoms with Gasteiger partial charge in [-0.2, -0.15) is 0 Å². The zero-order valence-electron chi connectivity index (χ0n) is 22.8. The zero-order valence-corrected chi connectivity index (χ0v) is 23.6. The van der Waals surface area contributed by atoms with E-state index >= 15 is 0 Å². The van der Waals surface area contributed by atoms with E-state index in [1.54, 1.807) is 16.6 Å². The second kappa shape index (κ2) is 10.3. The third-order valence-electron chi connectivity index (χ3n) is 7.42. The van der Waals surface area contributed by atoms with Gasteiger partial charge in [0.2, 0.25) is 6.79 Å². The van der Waals surface area contributed by atoms with E-state index in [4.69, 9.17) is 19.2 Å². The summed E-state index contributed by atoms with van der Waals surface area (Å²) in [5.74, 6) is 1.78. The summed E-state index contributed by atoms with van der Waals surface area (Å²) in [6, 6.07) is 16.7. The molecule has 1 atom stereocenters. The number of allylic oxidation sites excluding steroid dienone is 1. The zero-order chi connectivity index (χ0) is 28.0. The van der Waals surface area contributed by atoms with Gasteiger partial charge in [0, 0.05) is 18.7 Å². The number of carbonyl (C=O) groups is 1. The van der Waals surface area contributed by atoms with Crippen LogP contribution in [0.4, 0.5) is 0 Å². The van der Waals surface area contributed by atoms with Crippen LogP contribution in [0.2, 0.25) is 0 Å². The Labute approximate surface area is 235 Å². The smallest absolute Gasteiger partial charge is 0.271 e. The van der Waals surface area contributed by atoms with Gasteiger partial charge < -0.3 is 19.1 Å². The van der Waals surface area contributed by atoms with Crippen LogP contribution in [-0.2, 0) is 4.79 Å². The molecule has 1 aromatic heterocycles. The number of nitrogens with zero attached hydrogens (tertiary/aromatic N) is 3. The van der Waals surface area contributed by atoms with Crippen molar-refractivity contribution >= 4 is 34.1 Å². The van der Waals surface area contributed by atoms with E-state index in [9.17, 15) is 9.59 Å². The first kappa shape index (κ1) is 25.9. The molecule has 3 aromatic carbocycles. The molecule has 8 nitrogen and oxygen atoms in total. The van der Waals surface area contributed by atoms with Gasteiger partial charge in [-0.3, -0.25) is 14.2 Å². The lowest BCUT2D eigenvalue weighted by atomic mass is 9.90. The number of methoxy groups -OCH3 is 1. The fourth-order valence-electron chi connectivity index (χ4n) is 5.44. The monoisotopic (exact) mass is 555 g/mol. The lowest BCUT2D eigenvalue weighted by molar-refractivity contribution is -0.127. The van der Waals surface area contributed by atoms with Crippen LogP contribution in [-0.4, -0.2) is 42.4 Å². The summed E-state index contributed by atoms with van der Waals surface area (Å²) in [5.41, 5.74) is 2.41. The Morgan fingerprint density at radius 2 is 1.90 bits per heavy atom. The summed E-state index contributed by atoms with van der Waals surface area (Å²) in [7, 11) is 1.61. The highest BCUT2D eigenvalue weighted by molar-refractivity contribution is 7.07. The molecule has 0 saturated carbocycles.